The van der Waals surface area contributed by atoms with Crippen LogP contribution in [0.3, 0.4) is 0 Å². The second-order valence-electron chi connectivity index (χ2n) is 3.93. The van der Waals surface area contributed by atoms with Crippen LogP contribution in [0.25, 0.3) is 0 Å². The van der Waals surface area contributed by atoms with Crippen LogP contribution < -0.4 is 0 Å². The van der Waals surface area contributed by atoms with Gasteiger partial charge in [-0.15, -0.1) is 0 Å². The smallest absolute Gasteiger partial charge is 0.321 e. The van der Waals surface area contributed by atoms with Crippen molar-refractivity contribution < 1.29 is 19.4 Å². The minimum Gasteiger partial charge on any atom is -0.481 e. The molecule has 0 aromatic rings. The van der Waals surface area contributed by atoms with Gasteiger partial charge in [-0.2, -0.15) is 5.26 Å². The second-order valence-corrected chi connectivity index (χ2v) is 3.93. The molecule has 0 aromatic heterocycles. The van der Waals surface area contributed by atoms with Crippen LogP contribution >= 0.6 is 0 Å². The molecule has 0 bridgehead atoms. The number of hydrogen-bond acceptors (Lipinski definition) is 4. The van der Waals surface area contributed by atoms with Gasteiger partial charge in [-0.1, -0.05) is 13.8 Å². The van der Waals surface area contributed by atoms with E-state index in [4.69, 9.17) is 10.4 Å². The monoisotopic (exact) mass is 266 g/mol. The van der Waals surface area contributed by atoms with Crippen molar-refractivity contribution in [3.63, 3.8) is 0 Å². The molecule has 17 heavy (non-hydrogen) atoms. The molecular formula is C11H17KNO4. The summed E-state index contributed by atoms with van der Waals surface area (Å²) in [7, 11) is 0. The van der Waals surface area contributed by atoms with Crippen molar-refractivity contribution in [1.29, 1.82) is 5.26 Å². The van der Waals surface area contributed by atoms with Gasteiger partial charge in [-0.25, -0.2) is 0 Å². The fourth-order valence-electron chi connectivity index (χ4n) is 1.44. The summed E-state index contributed by atoms with van der Waals surface area (Å²) in [5, 5.41) is 17.8. The van der Waals surface area contributed by atoms with Gasteiger partial charge in [-0.05, 0) is 19.3 Å². The van der Waals surface area contributed by atoms with Crippen LogP contribution in [0.2, 0.25) is 0 Å². The van der Waals surface area contributed by atoms with E-state index in [0.29, 0.717) is 6.42 Å². The Bertz CT molecular complexity index is 298. The van der Waals surface area contributed by atoms with Crippen molar-refractivity contribution in [2.75, 3.05) is 6.61 Å². The molecular weight excluding hydrogens is 249 g/mol. The fraction of sp³-hybridized carbons (Fsp3) is 0.727. The van der Waals surface area contributed by atoms with Crippen molar-refractivity contribution in [3.05, 3.63) is 0 Å². The molecule has 6 heteroatoms. The molecule has 0 aromatic carbocycles. The first-order valence-electron chi connectivity index (χ1n) is 5.23. The summed E-state index contributed by atoms with van der Waals surface area (Å²) in [6.45, 7) is 5.45. The van der Waals surface area contributed by atoms with Gasteiger partial charge in [0.2, 0.25) is 0 Å². The molecule has 0 fully saturated rings. The van der Waals surface area contributed by atoms with E-state index >= 15 is 0 Å². The quantitative estimate of drug-likeness (QED) is 0.441. The van der Waals surface area contributed by atoms with Gasteiger partial charge < -0.3 is 9.84 Å². The minimum absolute atomic E-state index is 0. The summed E-state index contributed by atoms with van der Waals surface area (Å²) in [6.07, 6.45) is 0.367. The van der Waals surface area contributed by atoms with Gasteiger partial charge in [0.05, 0.1) is 18.6 Å². The van der Waals surface area contributed by atoms with E-state index in [1.54, 1.807) is 6.92 Å². The summed E-state index contributed by atoms with van der Waals surface area (Å²) in [5.41, 5.74) is 0. The zero-order chi connectivity index (χ0) is 12.7. The molecule has 2 atom stereocenters. The van der Waals surface area contributed by atoms with Crippen molar-refractivity contribution in [2.45, 2.75) is 27.2 Å². The number of aliphatic carboxylic acids is 1. The Morgan fingerprint density at radius 1 is 1.41 bits per heavy atom. The summed E-state index contributed by atoms with van der Waals surface area (Å²) >= 11 is 0. The largest absolute Gasteiger partial charge is 0.481 e. The molecule has 1 N–H and O–H groups in total. The van der Waals surface area contributed by atoms with Gasteiger partial charge in [-0.3, -0.25) is 9.59 Å². The second kappa shape index (κ2) is 10.0. The topological polar surface area (TPSA) is 87.4 Å². The molecule has 5 nitrogen and oxygen atoms in total. The molecule has 0 saturated carbocycles. The van der Waals surface area contributed by atoms with Crippen molar-refractivity contribution in [2.24, 2.45) is 17.8 Å². The van der Waals surface area contributed by atoms with Crippen molar-refractivity contribution >= 4 is 63.3 Å². The van der Waals surface area contributed by atoms with Crippen LogP contribution in [0, 0.1) is 29.1 Å². The number of rotatable bonds is 6. The number of hydrogen-bond donors (Lipinski definition) is 1. The third-order valence-corrected chi connectivity index (χ3v) is 2.10. The van der Waals surface area contributed by atoms with Gasteiger partial charge >= 0.3 is 11.9 Å². The zero-order valence-electron chi connectivity index (χ0n) is 10.8. The number of carboxylic acids is 1. The van der Waals surface area contributed by atoms with E-state index < -0.39 is 23.8 Å². The summed E-state index contributed by atoms with van der Waals surface area (Å²) in [4.78, 5) is 22.4. The number of ether oxygens (including phenoxy) is 1. The molecule has 1 radical (unpaired) electrons. The van der Waals surface area contributed by atoms with Crippen LogP contribution in [-0.4, -0.2) is 75.0 Å². The average molecular weight is 266 g/mol. The summed E-state index contributed by atoms with van der Waals surface area (Å²) in [6, 6.07) is 1.87. The van der Waals surface area contributed by atoms with E-state index in [1.807, 2.05) is 19.9 Å². The third kappa shape index (κ3) is 7.16. The molecule has 91 valence electrons. The minimum atomic E-state index is -1.38. The fourth-order valence-corrected chi connectivity index (χ4v) is 1.44. The Hall–Kier alpha value is 0.0664. The van der Waals surface area contributed by atoms with Gasteiger partial charge in [0.1, 0.15) is 0 Å². The molecule has 0 aliphatic rings. The Kier molecular flexibility index (Phi) is 11.5. The van der Waals surface area contributed by atoms with Gasteiger partial charge in [0.25, 0.3) is 0 Å². The Morgan fingerprint density at radius 3 is 2.24 bits per heavy atom. The molecule has 0 aliphatic heterocycles. The van der Waals surface area contributed by atoms with Crippen molar-refractivity contribution in [1.82, 2.24) is 0 Å². The normalized spacial score (nSPS) is 13.1. The number of carbonyl (C=O) groups is 2. The Morgan fingerprint density at radius 2 is 1.94 bits per heavy atom. The summed E-state index contributed by atoms with van der Waals surface area (Å²) in [5.74, 6) is -4.20. The first-order chi connectivity index (χ1) is 7.43. The third-order valence-electron chi connectivity index (χ3n) is 2.10. The van der Waals surface area contributed by atoms with E-state index in [0.717, 1.165) is 0 Å². The van der Waals surface area contributed by atoms with E-state index in [9.17, 15) is 9.59 Å². The number of nitriles is 1. The predicted octanol–water partition coefficient (Wildman–Crippen LogP) is 1.06. The van der Waals surface area contributed by atoms with E-state index in [2.05, 4.69) is 4.74 Å². The molecule has 0 amide bonds. The Balaban J connectivity index is 0. The van der Waals surface area contributed by atoms with Crippen LogP contribution in [-0.2, 0) is 14.3 Å². The average Bonchev–Trinajstić information content (AvgIpc) is 2.15. The number of nitrogens with zero attached hydrogens (tertiary/aromatic N) is 1. The van der Waals surface area contributed by atoms with Gasteiger partial charge in [0, 0.05) is 51.4 Å². The molecule has 0 heterocycles. The first-order valence-corrected chi connectivity index (χ1v) is 5.23. The standard InChI is InChI=1S/C11H17NO4.K/c1-4-16-11(15)9(10(13)14)8(6-12)5-7(2)3;/h7-9H,4-5H2,1-3H3,(H,13,14);/t8?,9-;/m0./s1. The molecule has 0 rings (SSSR count). The SMILES string of the molecule is CCOC(=O)[C@H](C(=O)O)C(C#N)CC(C)C.[K]. The predicted molar refractivity (Wildman–Crippen MR) is 62.1 cm³/mol. The van der Waals surface area contributed by atoms with Crippen molar-refractivity contribution in [3.8, 4) is 6.07 Å². The van der Waals surface area contributed by atoms with Crippen LogP contribution in [0.4, 0.5) is 0 Å². The maximum atomic E-state index is 11.4. The van der Waals surface area contributed by atoms with E-state index in [1.165, 1.54) is 0 Å². The first kappa shape index (κ1) is 19.4. The number of carbonyl (C=O) groups excluding carboxylic acids is 1. The number of esters is 1. The number of carboxylic acid groups (broad SMARTS) is 1. The molecule has 0 spiro atoms. The molecule has 0 saturated heterocycles. The zero-order valence-corrected chi connectivity index (χ0v) is 13.9. The molecule has 1 unspecified atom stereocenters. The molecule has 0 aliphatic carbocycles. The van der Waals surface area contributed by atoms with Gasteiger partial charge in [0.15, 0.2) is 5.92 Å². The van der Waals surface area contributed by atoms with E-state index in [-0.39, 0.29) is 63.9 Å². The Labute approximate surface area is 144 Å². The van der Waals surface area contributed by atoms with Crippen LogP contribution in [0.5, 0.6) is 0 Å². The maximum absolute atomic E-state index is 11.4. The summed E-state index contributed by atoms with van der Waals surface area (Å²) < 4.78 is 4.66. The van der Waals surface area contributed by atoms with Crippen LogP contribution in [0.1, 0.15) is 27.2 Å². The van der Waals surface area contributed by atoms with Crippen LogP contribution in [0.15, 0.2) is 0 Å². The maximum Gasteiger partial charge on any atom is 0.321 e.